The highest BCUT2D eigenvalue weighted by Gasteiger charge is 2.10. The van der Waals surface area contributed by atoms with Gasteiger partial charge in [-0.25, -0.2) is 9.97 Å². The van der Waals surface area contributed by atoms with Crippen molar-refractivity contribution in [1.82, 2.24) is 9.97 Å². The summed E-state index contributed by atoms with van der Waals surface area (Å²) in [7, 11) is 0. The van der Waals surface area contributed by atoms with E-state index < -0.39 is 0 Å². The Morgan fingerprint density at radius 2 is 2.11 bits per heavy atom. The molecule has 0 bridgehead atoms. The fraction of sp³-hybridized carbons (Fsp3) is 0.333. The van der Waals surface area contributed by atoms with E-state index in [1.165, 1.54) is 5.56 Å². The van der Waals surface area contributed by atoms with Gasteiger partial charge in [-0.3, -0.25) is 0 Å². The van der Waals surface area contributed by atoms with Gasteiger partial charge < -0.3 is 5.73 Å². The van der Waals surface area contributed by atoms with Crippen LogP contribution < -0.4 is 5.73 Å². The third-order valence-electron chi connectivity index (χ3n) is 2.97. The van der Waals surface area contributed by atoms with E-state index in [4.69, 9.17) is 5.73 Å². The molecule has 3 heteroatoms. The molecular weight excluding hydrogens is 222 g/mol. The minimum Gasteiger partial charge on any atom is -0.319 e. The van der Waals surface area contributed by atoms with Crippen LogP contribution in [0.2, 0.25) is 0 Å². The number of rotatable bonds is 4. The Hall–Kier alpha value is -1.74. The molecule has 0 amide bonds. The molecule has 2 N–H and O–H groups in total. The Bertz CT molecular complexity index is 523. The molecule has 1 heterocycles. The number of aromatic nitrogens is 2. The molecule has 2 aromatic rings. The fourth-order valence-corrected chi connectivity index (χ4v) is 2.05. The zero-order valence-corrected chi connectivity index (χ0v) is 10.9. The molecule has 0 fully saturated rings. The number of hydrogen-bond donors (Lipinski definition) is 1. The van der Waals surface area contributed by atoms with Gasteiger partial charge in [0, 0.05) is 6.20 Å². The Labute approximate surface area is 108 Å². The molecule has 1 unspecified atom stereocenters. The Morgan fingerprint density at radius 3 is 2.83 bits per heavy atom. The SMILES string of the molecule is CCCc1cccc(C(N)c2ccnc(C)n2)c1. The van der Waals surface area contributed by atoms with Gasteiger partial charge in [0.25, 0.3) is 0 Å². The smallest absolute Gasteiger partial charge is 0.125 e. The standard InChI is InChI=1S/C15H19N3/c1-3-5-12-6-4-7-13(10-12)15(16)14-8-9-17-11(2)18-14/h4,6-10,15H,3,5,16H2,1-2H3. The van der Waals surface area contributed by atoms with E-state index in [9.17, 15) is 0 Å². The lowest BCUT2D eigenvalue weighted by Crippen LogP contribution is -2.14. The van der Waals surface area contributed by atoms with E-state index in [1.807, 2.05) is 13.0 Å². The Kier molecular flexibility index (Phi) is 4.05. The second-order valence-corrected chi connectivity index (χ2v) is 4.50. The molecule has 0 aliphatic heterocycles. The lowest BCUT2D eigenvalue weighted by molar-refractivity contribution is 0.803. The third kappa shape index (κ3) is 2.93. The average Bonchev–Trinajstić information content (AvgIpc) is 2.39. The van der Waals surface area contributed by atoms with Crippen molar-refractivity contribution < 1.29 is 0 Å². The predicted octanol–water partition coefficient (Wildman–Crippen LogP) is 2.79. The van der Waals surface area contributed by atoms with Gasteiger partial charge in [0.2, 0.25) is 0 Å². The highest BCUT2D eigenvalue weighted by Crippen LogP contribution is 2.19. The van der Waals surface area contributed by atoms with E-state index in [0.717, 1.165) is 29.9 Å². The summed E-state index contributed by atoms with van der Waals surface area (Å²) in [4.78, 5) is 8.49. The van der Waals surface area contributed by atoms with Crippen LogP contribution in [0.15, 0.2) is 36.5 Å². The quantitative estimate of drug-likeness (QED) is 0.895. The zero-order chi connectivity index (χ0) is 13.0. The van der Waals surface area contributed by atoms with E-state index in [0.29, 0.717) is 0 Å². The first-order valence-corrected chi connectivity index (χ1v) is 6.34. The maximum Gasteiger partial charge on any atom is 0.125 e. The summed E-state index contributed by atoms with van der Waals surface area (Å²) < 4.78 is 0. The van der Waals surface area contributed by atoms with Crippen molar-refractivity contribution in [2.45, 2.75) is 32.7 Å². The zero-order valence-electron chi connectivity index (χ0n) is 10.9. The van der Waals surface area contributed by atoms with Gasteiger partial charge in [0.1, 0.15) is 5.82 Å². The summed E-state index contributed by atoms with van der Waals surface area (Å²) in [6.07, 6.45) is 3.99. The minimum atomic E-state index is -0.177. The maximum absolute atomic E-state index is 6.26. The fourth-order valence-electron chi connectivity index (χ4n) is 2.05. The van der Waals surface area contributed by atoms with Gasteiger partial charge in [-0.15, -0.1) is 0 Å². The van der Waals surface area contributed by atoms with Crippen LogP contribution in [0.5, 0.6) is 0 Å². The van der Waals surface area contributed by atoms with E-state index in [1.54, 1.807) is 6.20 Å². The molecule has 0 spiro atoms. The normalized spacial score (nSPS) is 12.4. The summed E-state index contributed by atoms with van der Waals surface area (Å²) in [6, 6.07) is 10.1. The van der Waals surface area contributed by atoms with Crippen molar-refractivity contribution in [2.75, 3.05) is 0 Å². The van der Waals surface area contributed by atoms with Crippen LogP contribution in [0.3, 0.4) is 0 Å². The molecule has 0 saturated carbocycles. The summed E-state index contributed by atoms with van der Waals surface area (Å²) in [5.74, 6) is 0.757. The van der Waals surface area contributed by atoms with Gasteiger partial charge in [-0.2, -0.15) is 0 Å². The van der Waals surface area contributed by atoms with Crippen molar-refractivity contribution in [3.8, 4) is 0 Å². The van der Waals surface area contributed by atoms with Crippen molar-refractivity contribution in [2.24, 2.45) is 5.73 Å². The predicted molar refractivity (Wildman–Crippen MR) is 73.2 cm³/mol. The average molecular weight is 241 g/mol. The number of aryl methyl sites for hydroxylation is 2. The first kappa shape index (κ1) is 12.7. The van der Waals surface area contributed by atoms with Gasteiger partial charge in [0.05, 0.1) is 11.7 Å². The Morgan fingerprint density at radius 1 is 1.28 bits per heavy atom. The van der Waals surface area contributed by atoms with Crippen LogP contribution >= 0.6 is 0 Å². The van der Waals surface area contributed by atoms with Crippen LogP contribution in [0.25, 0.3) is 0 Å². The number of nitrogens with zero attached hydrogens (tertiary/aromatic N) is 2. The topological polar surface area (TPSA) is 51.8 Å². The third-order valence-corrected chi connectivity index (χ3v) is 2.97. The summed E-state index contributed by atoms with van der Waals surface area (Å²) in [5, 5.41) is 0. The maximum atomic E-state index is 6.26. The lowest BCUT2D eigenvalue weighted by atomic mass is 10.00. The van der Waals surface area contributed by atoms with Crippen LogP contribution in [0.4, 0.5) is 0 Å². The summed E-state index contributed by atoms with van der Waals surface area (Å²) in [6.45, 7) is 4.06. The first-order valence-electron chi connectivity index (χ1n) is 6.34. The van der Waals surface area contributed by atoms with Crippen LogP contribution in [0.1, 0.15) is 42.0 Å². The van der Waals surface area contributed by atoms with Gasteiger partial charge in [0.15, 0.2) is 0 Å². The van der Waals surface area contributed by atoms with Crippen LogP contribution in [-0.4, -0.2) is 9.97 Å². The highest BCUT2D eigenvalue weighted by molar-refractivity contribution is 5.31. The summed E-state index contributed by atoms with van der Waals surface area (Å²) in [5.41, 5.74) is 9.57. The van der Waals surface area contributed by atoms with Crippen molar-refractivity contribution in [1.29, 1.82) is 0 Å². The molecule has 1 atom stereocenters. The van der Waals surface area contributed by atoms with Crippen molar-refractivity contribution in [3.05, 3.63) is 59.2 Å². The largest absolute Gasteiger partial charge is 0.319 e. The number of hydrogen-bond acceptors (Lipinski definition) is 3. The molecule has 0 aliphatic rings. The number of benzene rings is 1. The Balaban J connectivity index is 2.27. The van der Waals surface area contributed by atoms with Gasteiger partial charge in [-0.05, 0) is 30.5 Å². The molecule has 1 aromatic heterocycles. The second-order valence-electron chi connectivity index (χ2n) is 4.50. The van der Waals surface area contributed by atoms with Crippen molar-refractivity contribution >= 4 is 0 Å². The van der Waals surface area contributed by atoms with E-state index in [2.05, 4.69) is 41.2 Å². The molecule has 0 saturated heterocycles. The molecule has 94 valence electrons. The van der Waals surface area contributed by atoms with Crippen molar-refractivity contribution in [3.63, 3.8) is 0 Å². The van der Waals surface area contributed by atoms with Gasteiger partial charge >= 0.3 is 0 Å². The lowest BCUT2D eigenvalue weighted by Gasteiger charge is -2.13. The molecule has 18 heavy (non-hydrogen) atoms. The monoisotopic (exact) mass is 241 g/mol. The second kappa shape index (κ2) is 5.74. The van der Waals surface area contributed by atoms with Crippen LogP contribution in [0, 0.1) is 6.92 Å². The summed E-state index contributed by atoms with van der Waals surface area (Å²) >= 11 is 0. The molecular formula is C15H19N3. The molecule has 3 nitrogen and oxygen atoms in total. The van der Waals surface area contributed by atoms with E-state index in [-0.39, 0.29) is 6.04 Å². The molecule has 2 rings (SSSR count). The van der Waals surface area contributed by atoms with Crippen LogP contribution in [-0.2, 0) is 6.42 Å². The van der Waals surface area contributed by atoms with E-state index >= 15 is 0 Å². The highest BCUT2D eigenvalue weighted by atomic mass is 14.9. The molecule has 0 aliphatic carbocycles. The number of nitrogens with two attached hydrogens (primary N) is 1. The molecule has 0 radical (unpaired) electrons. The molecule has 1 aromatic carbocycles. The first-order chi connectivity index (χ1) is 8.70. The van der Waals surface area contributed by atoms with Gasteiger partial charge in [-0.1, -0.05) is 37.6 Å². The minimum absolute atomic E-state index is 0.177.